The standard InChI is InChI=1S/C8H14N4O2/c1-5(9)8(13)10-4-3-7-11-6(2)12-14-7/h5H,3-4,9H2,1-2H3,(H,10,13)/t5-/m0/s1. The van der Waals surface area contributed by atoms with Crippen molar-refractivity contribution in [2.24, 2.45) is 5.73 Å². The first-order valence-corrected chi connectivity index (χ1v) is 4.42. The van der Waals surface area contributed by atoms with Crippen molar-refractivity contribution < 1.29 is 9.32 Å². The molecule has 0 unspecified atom stereocenters. The number of nitrogens with two attached hydrogens (primary N) is 1. The molecule has 1 aromatic rings. The van der Waals surface area contributed by atoms with Gasteiger partial charge in [-0.15, -0.1) is 0 Å². The van der Waals surface area contributed by atoms with Gasteiger partial charge in [-0.1, -0.05) is 5.16 Å². The first-order valence-electron chi connectivity index (χ1n) is 4.42. The smallest absolute Gasteiger partial charge is 0.236 e. The molecule has 3 N–H and O–H groups in total. The van der Waals surface area contributed by atoms with E-state index < -0.39 is 6.04 Å². The van der Waals surface area contributed by atoms with Gasteiger partial charge in [0.25, 0.3) is 0 Å². The van der Waals surface area contributed by atoms with E-state index in [-0.39, 0.29) is 5.91 Å². The Morgan fingerprint density at radius 3 is 2.93 bits per heavy atom. The molecule has 6 heteroatoms. The maximum Gasteiger partial charge on any atom is 0.236 e. The van der Waals surface area contributed by atoms with Gasteiger partial charge in [0.1, 0.15) is 0 Å². The van der Waals surface area contributed by atoms with E-state index in [2.05, 4.69) is 15.5 Å². The molecule has 0 aromatic carbocycles. The minimum Gasteiger partial charge on any atom is -0.354 e. The molecule has 1 amide bonds. The molecule has 1 heterocycles. The van der Waals surface area contributed by atoms with Crippen LogP contribution < -0.4 is 11.1 Å². The summed E-state index contributed by atoms with van der Waals surface area (Å²) in [7, 11) is 0. The van der Waals surface area contributed by atoms with Crippen LogP contribution in [-0.4, -0.2) is 28.6 Å². The summed E-state index contributed by atoms with van der Waals surface area (Å²) >= 11 is 0. The Balaban J connectivity index is 2.25. The van der Waals surface area contributed by atoms with Crippen molar-refractivity contribution in [3.8, 4) is 0 Å². The predicted molar refractivity (Wildman–Crippen MR) is 49.4 cm³/mol. The first kappa shape index (κ1) is 10.6. The Bertz CT molecular complexity index is 308. The van der Waals surface area contributed by atoms with Crippen LogP contribution in [0.15, 0.2) is 4.52 Å². The van der Waals surface area contributed by atoms with Crippen LogP contribution >= 0.6 is 0 Å². The zero-order chi connectivity index (χ0) is 10.6. The van der Waals surface area contributed by atoms with Crippen LogP contribution in [0.2, 0.25) is 0 Å². The van der Waals surface area contributed by atoms with Crippen LogP contribution in [0.5, 0.6) is 0 Å². The molecule has 6 nitrogen and oxygen atoms in total. The third kappa shape index (κ3) is 3.14. The van der Waals surface area contributed by atoms with Gasteiger partial charge in [-0.05, 0) is 13.8 Å². The number of amides is 1. The molecule has 0 saturated carbocycles. The zero-order valence-electron chi connectivity index (χ0n) is 8.28. The number of aromatic nitrogens is 2. The summed E-state index contributed by atoms with van der Waals surface area (Å²) < 4.78 is 4.86. The number of carbonyl (C=O) groups excluding carboxylic acids is 1. The van der Waals surface area contributed by atoms with Crippen molar-refractivity contribution in [1.29, 1.82) is 0 Å². The Morgan fingerprint density at radius 2 is 2.43 bits per heavy atom. The van der Waals surface area contributed by atoms with Gasteiger partial charge < -0.3 is 15.6 Å². The van der Waals surface area contributed by atoms with E-state index in [1.807, 2.05) is 0 Å². The van der Waals surface area contributed by atoms with Gasteiger partial charge in [-0.2, -0.15) is 4.98 Å². The topological polar surface area (TPSA) is 94.0 Å². The van der Waals surface area contributed by atoms with E-state index in [9.17, 15) is 4.79 Å². The maximum atomic E-state index is 11.0. The van der Waals surface area contributed by atoms with Crippen LogP contribution in [0, 0.1) is 6.92 Å². The van der Waals surface area contributed by atoms with Crippen LogP contribution in [0.1, 0.15) is 18.6 Å². The van der Waals surface area contributed by atoms with Crippen LogP contribution in [0.25, 0.3) is 0 Å². The highest BCUT2D eigenvalue weighted by Crippen LogP contribution is 1.95. The van der Waals surface area contributed by atoms with E-state index in [4.69, 9.17) is 10.3 Å². The van der Waals surface area contributed by atoms with E-state index >= 15 is 0 Å². The quantitative estimate of drug-likeness (QED) is 0.672. The third-order valence-electron chi connectivity index (χ3n) is 1.62. The number of nitrogens with zero attached hydrogens (tertiary/aromatic N) is 2. The highest BCUT2D eigenvalue weighted by molar-refractivity contribution is 5.80. The van der Waals surface area contributed by atoms with Gasteiger partial charge in [-0.3, -0.25) is 4.79 Å². The number of hydrogen-bond acceptors (Lipinski definition) is 5. The first-order chi connectivity index (χ1) is 6.59. The Labute approximate surface area is 81.9 Å². The summed E-state index contributed by atoms with van der Waals surface area (Å²) in [6, 6.07) is -0.487. The highest BCUT2D eigenvalue weighted by atomic mass is 16.5. The summed E-state index contributed by atoms with van der Waals surface area (Å²) in [4.78, 5) is 15.0. The molecule has 1 rings (SSSR count). The molecule has 0 radical (unpaired) electrons. The average molecular weight is 198 g/mol. The number of rotatable bonds is 4. The van der Waals surface area contributed by atoms with Crippen LogP contribution in [0.3, 0.4) is 0 Å². The summed E-state index contributed by atoms with van der Waals surface area (Å²) in [5.41, 5.74) is 5.36. The van der Waals surface area contributed by atoms with Crippen molar-refractivity contribution in [2.45, 2.75) is 26.3 Å². The highest BCUT2D eigenvalue weighted by Gasteiger charge is 2.07. The van der Waals surface area contributed by atoms with E-state index in [1.165, 1.54) is 0 Å². The molecule has 14 heavy (non-hydrogen) atoms. The lowest BCUT2D eigenvalue weighted by atomic mass is 10.3. The number of carbonyl (C=O) groups is 1. The van der Waals surface area contributed by atoms with Gasteiger partial charge >= 0.3 is 0 Å². The van der Waals surface area contributed by atoms with Gasteiger partial charge in [0.2, 0.25) is 11.8 Å². The van der Waals surface area contributed by atoms with Gasteiger partial charge in [0.15, 0.2) is 5.82 Å². The lowest BCUT2D eigenvalue weighted by molar-refractivity contribution is -0.121. The Kier molecular flexibility index (Phi) is 3.58. The second-order valence-electron chi connectivity index (χ2n) is 3.07. The third-order valence-corrected chi connectivity index (χ3v) is 1.62. The number of nitrogens with one attached hydrogen (secondary N) is 1. The SMILES string of the molecule is Cc1noc(CCNC(=O)[C@H](C)N)n1. The molecular weight excluding hydrogens is 184 g/mol. The van der Waals surface area contributed by atoms with Crippen molar-refractivity contribution in [3.63, 3.8) is 0 Å². The lowest BCUT2D eigenvalue weighted by Crippen LogP contribution is -2.39. The molecule has 0 fully saturated rings. The number of aryl methyl sites for hydroxylation is 1. The largest absolute Gasteiger partial charge is 0.354 e. The fraction of sp³-hybridized carbons (Fsp3) is 0.625. The molecule has 0 saturated heterocycles. The monoisotopic (exact) mass is 198 g/mol. The van der Waals surface area contributed by atoms with E-state index in [0.717, 1.165) is 0 Å². The predicted octanol–water partition coefficient (Wildman–Crippen LogP) is -0.616. The molecule has 1 atom stereocenters. The summed E-state index contributed by atoms with van der Waals surface area (Å²) in [5.74, 6) is 0.937. The van der Waals surface area contributed by atoms with E-state index in [0.29, 0.717) is 24.7 Å². The van der Waals surface area contributed by atoms with Gasteiger partial charge in [0.05, 0.1) is 6.04 Å². The maximum absolute atomic E-state index is 11.0. The fourth-order valence-corrected chi connectivity index (χ4v) is 0.895. The van der Waals surface area contributed by atoms with Gasteiger partial charge in [0, 0.05) is 13.0 Å². The van der Waals surface area contributed by atoms with Crippen LogP contribution in [-0.2, 0) is 11.2 Å². The Morgan fingerprint density at radius 1 is 1.71 bits per heavy atom. The van der Waals surface area contributed by atoms with Crippen molar-refractivity contribution in [3.05, 3.63) is 11.7 Å². The van der Waals surface area contributed by atoms with Crippen molar-refractivity contribution in [2.75, 3.05) is 6.54 Å². The molecular formula is C8H14N4O2. The minimum atomic E-state index is -0.487. The Hall–Kier alpha value is -1.43. The van der Waals surface area contributed by atoms with Crippen molar-refractivity contribution >= 4 is 5.91 Å². The molecule has 1 aromatic heterocycles. The minimum absolute atomic E-state index is 0.179. The second-order valence-corrected chi connectivity index (χ2v) is 3.07. The lowest BCUT2D eigenvalue weighted by Gasteiger charge is -2.05. The fourth-order valence-electron chi connectivity index (χ4n) is 0.895. The molecule has 0 aliphatic rings. The zero-order valence-corrected chi connectivity index (χ0v) is 8.28. The molecule has 78 valence electrons. The number of hydrogen-bond donors (Lipinski definition) is 2. The van der Waals surface area contributed by atoms with Gasteiger partial charge in [-0.25, -0.2) is 0 Å². The second kappa shape index (κ2) is 4.71. The summed E-state index contributed by atoms with van der Waals surface area (Å²) in [6.45, 7) is 3.84. The van der Waals surface area contributed by atoms with Crippen molar-refractivity contribution in [1.82, 2.24) is 15.5 Å². The van der Waals surface area contributed by atoms with Crippen LogP contribution in [0.4, 0.5) is 0 Å². The summed E-state index contributed by atoms with van der Waals surface area (Å²) in [5, 5.41) is 6.27. The molecule has 0 aliphatic heterocycles. The molecule has 0 bridgehead atoms. The average Bonchev–Trinajstić information content (AvgIpc) is 2.51. The van der Waals surface area contributed by atoms with E-state index in [1.54, 1.807) is 13.8 Å². The molecule has 0 spiro atoms. The normalized spacial score (nSPS) is 12.5. The summed E-state index contributed by atoms with van der Waals surface area (Å²) in [6.07, 6.45) is 0.527. The molecule has 0 aliphatic carbocycles.